The monoisotopic (exact) mass is 276 g/mol. The first kappa shape index (κ1) is 15.0. The Hall–Kier alpha value is -2.05. The van der Waals surface area contributed by atoms with Crippen molar-refractivity contribution in [3.63, 3.8) is 0 Å². The molecule has 1 aromatic rings. The highest BCUT2D eigenvalue weighted by Crippen LogP contribution is 2.22. The number of esters is 1. The molecule has 0 amide bonds. The van der Waals surface area contributed by atoms with Crippen LogP contribution in [0.2, 0.25) is 0 Å². The Balaban J connectivity index is 2.84. The van der Waals surface area contributed by atoms with Gasteiger partial charge in [0, 0.05) is 0 Å². The summed E-state index contributed by atoms with van der Waals surface area (Å²) in [6.45, 7) is -1.48. The van der Waals surface area contributed by atoms with Crippen LogP contribution < -0.4 is 4.74 Å². The Morgan fingerprint density at radius 2 is 2.05 bits per heavy atom. The summed E-state index contributed by atoms with van der Waals surface area (Å²) in [5.41, 5.74) is 0.402. The topological polar surface area (TPSA) is 52.6 Å². The number of aldehydes is 1. The zero-order chi connectivity index (χ0) is 14.5. The fourth-order valence-corrected chi connectivity index (χ4v) is 1.33. The highest BCUT2D eigenvalue weighted by Gasteiger charge is 2.28. The van der Waals surface area contributed by atoms with Crippen molar-refractivity contribution in [2.45, 2.75) is 12.6 Å². The molecule has 4 nitrogen and oxygen atoms in total. The van der Waals surface area contributed by atoms with Crippen LogP contribution in [0.4, 0.5) is 13.2 Å². The summed E-state index contributed by atoms with van der Waals surface area (Å²) in [6, 6.07) is 3.90. The zero-order valence-corrected chi connectivity index (χ0v) is 9.99. The highest BCUT2D eigenvalue weighted by atomic mass is 19.4. The van der Waals surface area contributed by atoms with Crippen molar-refractivity contribution in [2.24, 2.45) is 0 Å². The number of benzene rings is 1. The molecular weight excluding hydrogens is 265 g/mol. The summed E-state index contributed by atoms with van der Waals surface area (Å²) in [5.74, 6) is -0.693. The number of carbonyl (C=O) groups is 2. The minimum atomic E-state index is -4.48. The van der Waals surface area contributed by atoms with E-state index in [0.717, 1.165) is 0 Å². The van der Waals surface area contributed by atoms with Gasteiger partial charge >= 0.3 is 12.1 Å². The fraction of sp³-hybridized carbons (Fsp3) is 0.333. The lowest BCUT2D eigenvalue weighted by molar-refractivity contribution is -0.153. The van der Waals surface area contributed by atoms with Gasteiger partial charge in [-0.1, -0.05) is 6.07 Å². The van der Waals surface area contributed by atoms with Crippen molar-refractivity contribution >= 4 is 12.3 Å². The minimum Gasteiger partial charge on any atom is -0.483 e. The van der Waals surface area contributed by atoms with E-state index in [9.17, 15) is 22.8 Å². The normalized spacial score (nSPS) is 10.9. The van der Waals surface area contributed by atoms with E-state index in [4.69, 9.17) is 0 Å². The van der Waals surface area contributed by atoms with E-state index in [2.05, 4.69) is 9.47 Å². The van der Waals surface area contributed by atoms with E-state index >= 15 is 0 Å². The minimum absolute atomic E-state index is 0.0503. The first-order valence-electron chi connectivity index (χ1n) is 5.20. The summed E-state index contributed by atoms with van der Waals surface area (Å²) in [5, 5.41) is 0. The van der Waals surface area contributed by atoms with E-state index < -0.39 is 18.8 Å². The molecule has 19 heavy (non-hydrogen) atoms. The number of carbonyl (C=O) groups excluding carboxylic acids is 2. The third kappa shape index (κ3) is 4.99. The molecule has 1 rings (SSSR count). The summed E-state index contributed by atoms with van der Waals surface area (Å²) < 4.78 is 44.9. The van der Waals surface area contributed by atoms with Gasteiger partial charge in [-0.2, -0.15) is 13.2 Å². The van der Waals surface area contributed by atoms with Crippen molar-refractivity contribution in [1.29, 1.82) is 0 Å². The molecular formula is C12H11F3O4. The van der Waals surface area contributed by atoms with Crippen LogP contribution in [-0.2, 0) is 16.0 Å². The SMILES string of the molecule is COC(=O)Cc1ccc(OCC(F)(F)F)c(C=O)c1. The molecule has 0 aromatic heterocycles. The first-order valence-corrected chi connectivity index (χ1v) is 5.20. The maximum absolute atomic E-state index is 12.0. The van der Waals surface area contributed by atoms with Gasteiger partial charge < -0.3 is 9.47 Å². The van der Waals surface area contributed by atoms with Gasteiger partial charge in [-0.05, 0) is 17.7 Å². The number of hydrogen-bond donors (Lipinski definition) is 0. The lowest BCUT2D eigenvalue weighted by atomic mass is 10.1. The van der Waals surface area contributed by atoms with Crippen LogP contribution in [0, 0.1) is 0 Å². The number of rotatable bonds is 5. The third-order valence-corrected chi connectivity index (χ3v) is 2.17. The maximum Gasteiger partial charge on any atom is 0.422 e. The molecule has 0 radical (unpaired) electrons. The van der Waals surface area contributed by atoms with Crippen LogP contribution in [0.15, 0.2) is 18.2 Å². The standard InChI is InChI=1S/C12H11F3O4/c1-18-11(17)5-8-2-3-10(9(4-8)6-16)19-7-12(13,14)15/h2-4,6H,5,7H2,1H3. The van der Waals surface area contributed by atoms with E-state index in [1.165, 1.54) is 25.3 Å². The van der Waals surface area contributed by atoms with Crippen LogP contribution in [0.5, 0.6) is 5.75 Å². The van der Waals surface area contributed by atoms with E-state index in [1.54, 1.807) is 0 Å². The zero-order valence-electron chi connectivity index (χ0n) is 9.99. The summed E-state index contributed by atoms with van der Waals surface area (Å²) >= 11 is 0. The molecule has 104 valence electrons. The smallest absolute Gasteiger partial charge is 0.422 e. The second-order valence-corrected chi connectivity index (χ2v) is 3.65. The largest absolute Gasteiger partial charge is 0.483 e. The molecule has 0 saturated carbocycles. The quantitative estimate of drug-likeness (QED) is 0.611. The molecule has 0 fully saturated rings. The Morgan fingerprint density at radius 1 is 1.37 bits per heavy atom. The van der Waals surface area contributed by atoms with Crippen LogP contribution >= 0.6 is 0 Å². The fourth-order valence-electron chi connectivity index (χ4n) is 1.33. The molecule has 0 atom stereocenters. The molecule has 0 aliphatic carbocycles. The first-order chi connectivity index (χ1) is 8.85. The second kappa shape index (κ2) is 6.21. The van der Waals surface area contributed by atoms with Crippen molar-refractivity contribution in [2.75, 3.05) is 13.7 Å². The van der Waals surface area contributed by atoms with Crippen molar-refractivity contribution in [3.05, 3.63) is 29.3 Å². The van der Waals surface area contributed by atoms with Gasteiger partial charge in [0.2, 0.25) is 0 Å². The summed E-state index contributed by atoms with van der Waals surface area (Å²) in [4.78, 5) is 21.8. The summed E-state index contributed by atoms with van der Waals surface area (Å²) in [6.07, 6.45) is -4.19. The Morgan fingerprint density at radius 3 is 2.58 bits per heavy atom. The third-order valence-electron chi connectivity index (χ3n) is 2.17. The van der Waals surface area contributed by atoms with Crippen LogP contribution in [0.3, 0.4) is 0 Å². The molecule has 0 bridgehead atoms. The Bertz CT molecular complexity index is 469. The van der Waals surface area contributed by atoms with Gasteiger partial charge in [0.05, 0.1) is 19.1 Å². The van der Waals surface area contributed by atoms with Crippen molar-refractivity contribution in [1.82, 2.24) is 0 Å². The van der Waals surface area contributed by atoms with Gasteiger partial charge in [0.25, 0.3) is 0 Å². The van der Waals surface area contributed by atoms with E-state index in [1.807, 2.05) is 0 Å². The molecule has 0 heterocycles. The predicted molar refractivity (Wildman–Crippen MR) is 59.1 cm³/mol. The highest BCUT2D eigenvalue weighted by molar-refractivity contribution is 5.81. The average Bonchev–Trinajstić information content (AvgIpc) is 2.35. The average molecular weight is 276 g/mol. The molecule has 0 unspecified atom stereocenters. The van der Waals surface area contributed by atoms with Gasteiger partial charge in [0.1, 0.15) is 5.75 Å². The molecule has 0 spiro atoms. The second-order valence-electron chi connectivity index (χ2n) is 3.65. The van der Waals surface area contributed by atoms with E-state index in [-0.39, 0.29) is 17.7 Å². The van der Waals surface area contributed by atoms with Gasteiger partial charge in [0.15, 0.2) is 12.9 Å². The number of ether oxygens (including phenoxy) is 2. The van der Waals surface area contributed by atoms with Crippen LogP contribution in [-0.4, -0.2) is 32.1 Å². The lowest BCUT2D eigenvalue weighted by Crippen LogP contribution is -2.19. The van der Waals surface area contributed by atoms with E-state index in [0.29, 0.717) is 11.8 Å². The number of hydrogen-bond acceptors (Lipinski definition) is 4. The van der Waals surface area contributed by atoms with Crippen molar-refractivity contribution < 1.29 is 32.2 Å². The molecule has 0 aliphatic rings. The molecule has 0 saturated heterocycles. The van der Waals surface area contributed by atoms with Gasteiger partial charge in [-0.15, -0.1) is 0 Å². The number of methoxy groups -OCH3 is 1. The van der Waals surface area contributed by atoms with Crippen LogP contribution in [0.1, 0.15) is 15.9 Å². The molecule has 1 aromatic carbocycles. The Kier molecular flexibility index (Phi) is 4.91. The van der Waals surface area contributed by atoms with Gasteiger partial charge in [-0.3, -0.25) is 9.59 Å². The number of halogens is 3. The molecule has 7 heteroatoms. The van der Waals surface area contributed by atoms with Crippen molar-refractivity contribution in [3.8, 4) is 5.75 Å². The predicted octanol–water partition coefficient (Wildman–Crippen LogP) is 2.16. The van der Waals surface area contributed by atoms with Crippen LogP contribution in [0.25, 0.3) is 0 Å². The summed E-state index contributed by atoms with van der Waals surface area (Å²) in [7, 11) is 1.21. The Labute approximate surface area is 107 Å². The lowest BCUT2D eigenvalue weighted by Gasteiger charge is -2.11. The van der Waals surface area contributed by atoms with Gasteiger partial charge in [-0.25, -0.2) is 0 Å². The number of alkyl halides is 3. The molecule has 0 aliphatic heterocycles. The molecule has 0 N–H and O–H groups in total. The maximum atomic E-state index is 12.0.